The molecule has 0 fully saturated rings. The van der Waals surface area contributed by atoms with Crippen molar-refractivity contribution in [3.05, 3.63) is 60.2 Å². The minimum Gasteiger partial charge on any atom is -0.497 e. The number of amides is 2. The molecule has 0 heterocycles. The standard InChI is InChI=1S/C20H27N3O3/c1-23(2)14-16(19(24)15-7-5-4-6-8-15)13-21-20(25)22-17-9-11-18(26-3)12-10-17/h4-12,16,19,24H,13-14H2,1-3H3,(H2,21,22,25)/t16-,19-/m0/s1. The topological polar surface area (TPSA) is 73.8 Å². The van der Waals surface area contributed by atoms with Crippen LogP contribution in [-0.4, -0.2) is 50.3 Å². The van der Waals surface area contributed by atoms with Crippen LogP contribution in [0, 0.1) is 5.92 Å². The Labute approximate surface area is 154 Å². The molecule has 0 unspecified atom stereocenters. The van der Waals surface area contributed by atoms with Crippen LogP contribution in [0.25, 0.3) is 0 Å². The van der Waals surface area contributed by atoms with Gasteiger partial charge in [0.2, 0.25) is 0 Å². The van der Waals surface area contributed by atoms with Crippen molar-refractivity contribution < 1.29 is 14.6 Å². The molecule has 2 aromatic carbocycles. The van der Waals surface area contributed by atoms with Crippen LogP contribution in [0.3, 0.4) is 0 Å². The third-order valence-electron chi connectivity index (χ3n) is 4.06. The lowest BCUT2D eigenvalue weighted by Crippen LogP contribution is -2.39. The molecule has 2 rings (SSSR count). The van der Waals surface area contributed by atoms with Crippen molar-refractivity contribution in [2.24, 2.45) is 5.92 Å². The number of methoxy groups -OCH3 is 1. The molecule has 0 saturated carbocycles. The number of hydrogen-bond acceptors (Lipinski definition) is 4. The van der Waals surface area contributed by atoms with Gasteiger partial charge in [0, 0.05) is 24.7 Å². The van der Waals surface area contributed by atoms with Gasteiger partial charge in [-0.3, -0.25) is 0 Å². The molecule has 0 bridgehead atoms. The van der Waals surface area contributed by atoms with Crippen molar-refractivity contribution in [3.8, 4) is 5.75 Å². The molecule has 6 heteroatoms. The van der Waals surface area contributed by atoms with Crippen molar-refractivity contribution in [1.29, 1.82) is 0 Å². The van der Waals surface area contributed by atoms with Gasteiger partial charge in [-0.1, -0.05) is 30.3 Å². The van der Waals surface area contributed by atoms with Crippen molar-refractivity contribution in [2.75, 3.05) is 39.6 Å². The summed E-state index contributed by atoms with van der Waals surface area (Å²) in [5, 5.41) is 16.3. The summed E-state index contributed by atoms with van der Waals surface area (Å²) in [4.78, 5) is 14.2. The Morgan fingerprint density at radius 2 is 1.77 bits per heavy atom. The van der Waals surface area contributed by atoms with E-state index < -0.39 is 6.10 Å². The van der Waals surface area contributed by atoms with Crippen molar-refractivity contribution in [3.63, 3.8) is 0 Å². The summed E-state index contributed by atoms with van der Waals surface area (Å²) < 4.78 is 5.10. The number of aliphatic hydroxyl groups excluding tert-OH is 1. The van der Waals surface area contributed by atoms with Gasteiger partial charge in [0.15, 0.2) is 0 Å². The number of benzene rings is 2. The molecule has 0 saturated heterocycles. The lowest BCUT2D eigenvalue weighted by molar-refractivity contribution is 0.0911. The van der Waals surface area contributed by atoms with Gasteiger partial charge in [0.05, 0.1) is 13.2 Å². The molecular formula is C20H27N3O3. The van der Waals surface area contributed by atoms with E-state index in [2.05, 4.69) is 10.6 Å². The van der Waals surface area contributed by atoms with E-state index in [0.29, 0.717) is 18.8 Å². The second kappa shape index (κ2) is 9.79. The van der Waals surface area contributed by atoms with Crippen LogP contribution in [0.1, 0.15) is 11.7 Å². The van der Waals surface area contributed by atoms with Gasteiger partial charge in [-0.2, -0.15) is 0 Å². The maximum Gasteiger partial charge on any atom is 0.319 e. The maximum absolute atomic E-state index is 12.2. The van der Waals surface area contributed by atoms with Gasteiger partial charge in [-0.05, 0) is 43.9 Å². The van der Waals surface area contributed by atoms with E-state index in [1.807, 2.05) is 49.3 Å². The monoisotopic (exact) mass is 357 g/mol. The first-order chi connectivity index (χ1) is 12.5. The fourth-order valence-corrected chi connectivity index (χ4v) is 2.74. The summed E-state index contributed by atoms with van der Waals surface area (Å²) >= 11 is 0. The second-order valence-electron chi connectivity index (χ2n) is 6.44. The van der Waals surface area contributed by atoms with Gasteiger partial charge >= 0.3 is 6.03 Å². The molecule has 140 valence electrons. The summed E-state index contributed by atoms with van der Waals surface area (Å²) in [5.41, 5.74) is 1.52. The summed E-state index contributed by atoms with van der Waals surface area (Å²) in [6.45, 7) is 1.01. The summed E-state index contributed by atoms with van der Waals surface area (Å²) in [5.74, 6) is 0.599. The smallest absolute Gasteiger partial charge is 0.319 e. The van der Waals surface area contributed by atoms with Crippen molar-refractivity contribution in [1.82, 2.24) is 10.2 Å². The number of aliphatic hydroxyl groups is 1. The zero-order valence-corrected chi connectivity index (χ0v) is 15.5. The quantitative estimate of drug-likeness (QED) is 0.679. The van der Waals surface area contributed by atoms with Crippen LogP contribution in [-0.2, 0) is 0 Å². The molecule has 0 radical (unpaired) electrons. The number of carbonyl (C=O) groups excluding carboxylic acids is 1. The van der Waals surface area contributed by atoms with Crippen molar-refractivity contribution in [2.45, 2.75) is 6.10 Å². The number of hydrogen-bond donors (Lipinski definition) is 3. The Balaban J connectivity index is 1.93. The predicted octanol–water partition coefficient (Wildman–Crippen LogP) is 2.73. The van der Waals surface area contributed by atoms with Crippen LogP contribution < -0.4 is 15.4 Å². The van der Waals surface area contributed by atoms with E-state index in [-0.39, 0.29) is 11.9 Å². The SMILES string of the molecule is COc1ccc(NC(=O)NC[C@@H](CN(C)C)[C@@H](O)c2ccccc2)cc1. The van der Waals surface area contributed by atoms with Crippen LogP contribution in [0.5, 0.6) is 5.75 Å². The fourth-order valence-electron chi connectivity index (χ4n) is 2.74. The highest BCUT2D eigenvalue weighted by Crippen LogP contribution is 2.22. The van der Waals surface area contributed by atoms with Crippen LogP contribution in [0.4, 0.5) is 10.5 Å². The minimum absolute atomic E-state index is 0.131. The van der Waals surface area contributed by atoms with Gasteiger partial charge in [0.25, 0.3) is 0 Å². The van der Waals surface area contributed by atoms with E-state index >= 15 is 0 Å². The average Bonchev–Trinajstić information content (AvgIpc) is 2.65. The number of nitrogens with one attached hydrogen (secondary N) is 2. The zero-order chi connectivity index (χ0) is 18.9. The first-order valence-electron chi connectivity index (χ1n) is 8.56. The van der Waals surface area contributed by atoms with Crippen molar-refractivity contribution >= 4 is 11.7 Å². The van der Waals surface area contributed by atoms with E-state index in [4.69, 9.17) is 4.74 Å². The molecule has 6 nitrogen and oxygen atoms in total. The van der Waals surface area contributed by atoms with E-state index in [1.54, 1.807) is 31.4 Å². The van der Waals surface area contributed by atoms with Gasteiger partial charge in [-0.25, -0.2) is 4.79 Å². The summed E-state index contributed by atoms with van der Waals surface area (Å²) in [6, 6.07) is 16.3. The lowest BCUT2D eigenvalue weighted by Gasteiger charge is -2.26. The molecule has 26 heavy (non-hydrogen) atoms. The molecule has 2 amide bonds. The molecular weight excluding hydrogens is 330 g/mol. The number of urea groups is 1. The Morgan fingerprint density at radius 3 is 2.35 bits per heavy atom. The first-order valence-corrected chi connectivity index (χ1v) is 8.56. The molecule has 2 atom stereocenters. The highest BCUT2D eigenvalue weighted by Gasteiger charge is 2.22. The van der Waals surface area contributed by atoms with Gasteiger partial charge in [0.1, 0.15) is 5.75 Å². The Kier molecular flexibility index (Phi) is 7.44. The third-order valence-corrected chi connectivity index (χ3v) is 4.06. The molecule has 0 aromatic heterocycles. The minimum atomic E-state index is -0.653. The second-order valence-corrected chi connectivity index (χ2v) is 6.44. The first kappa shape index (κ1) is 19.8. The lowest BCUT2D eigenvalue weighted by atomic mass is 9.95. The summed E-state index contributed by atoms with van der Waals surface area (Å²) in [7, 11) is 5.49. The molecule has 3 N–H and O–H groups in total. The molecule has 0 aliphatic rings. The third kappa shape index (κ3) is 6.06. The molecule has 0 aliphatic carbocycles. The van der Waals surface area contributed by atoms with Crippen LogP contribution in [0.15, 0.2) is 54.6 Å². The largest absolute Gasteiger partial charge is 0.497 e. The number of ether oxygens (including phenoxy) is 1. The van der Waals surface area contributed by atoms with Gasteiger partial charge < -0.3 is 25.4 Å². The van der Waals surface area contributed by atoms with E-state index in [1.165, 1.54) is 0 Å². The zero-order valence-electron chi connectivity index (χ0n) is 15.5. The Hall–Kier alpha value is -2.57. The molecule has 2 aromatic rings. The number of nitrogens with zero attached hydrogens (tertiary/aromatic N) is 1. The molecule has 0 spiro atoms. The highest BCUT2D eigenvalue weighted by molar-refractivity contribution is 5.89. The highest BCUT2D eigenvalue weighted by atomic mass is 16.5. The van der Waals surface area contributed by atoms with E-state index in [0.717, 1.165) is 11.3 Å². The number of anilines is 1. The van der Waals surface area contributed by atoms with Crippen LogP contribution >= 0.6 is 0 Å². The van der Waals surface area contributed by atoms with Gasteiger partial charge in [-0.15, -0.1) is 0 Å². The Morgan fingerprint density at radius 1 is 1.12 bits per heavy atom. The van der Waals surface area contributed by atoms with Crippen LogP contribution in [0.2, 0.25) is 0 Å². The van der Waals surface area contributed by atoms with E-state index in [9.17, 15) is 9.90 Å². The normalized spacial score (nSPS) is 13.1. The Bertz CT molecular complexity index is 674. The average molecular weight is 357 g/mol. The number of carbonyl (C=O) groups is 1. The molecule has 0 aliphatic heterocycles. The fraction of sp³-hybridized carbons (Fsp3) is 0.350. The predicted molar refractivity (Wildman–Crippen MR) is 103 cm³/mol. The summed E-state index contributed by atoms with van der Waals surface area (Å²) in [6.07, 6.45) is -0.653. The number of rotatable bonds is 8. The maximum atomic E-state index is 12.2.